The second kappa shape index (κ2) is 6.54. The van der Waals surface area contributed by atoms with E-state index in [0.717, 1.165) is 12.1 Å². The second-order valence-electron chi connectivity index (χ2n) is 6.55. The van der Waals surface area contributed by atoms with E-state index in [4.69, 9.17) is 11.6 Å². The summed E-state index contributed by atoms with van der Waals surface area (Å²) in [6, 6.07) is 10.7. The number of hydrogen-bond acceptors (Lipinski definition) is 2. The summed E-state index contributed by atoms with van der Waals surface area (Å²) in [5.74, 6) is -0.624. The molecule has 2 aromatic rings. The van der Waals surface area contributed by atoms with Crippen LogP contribution in [0.1, 0.15) is 30.5 Å². The molecule has 1 heterocycles. The van der Waals surface area contributed by atoms with Crippen molar-refractivity contribution in [2.24, 2.45) is 0 Å². The molecule has 1 aliphatic rings. The molecule has 1 amide bonds. The number of fused-ring (bicyclic) bond motifs is 1. The molecule has 0 unspecified atom stereocenters. The maximum atomic E-state index is 14.7. The molecule has 2 N–H and O–H groups in total. The van der Waals surface area contributed by atoms with Gasteiger partial charge in [0.15, 0.2) is 0 Å². The summed E-state index contributed by atoms with van der Waals surface area (Å²) >= 11 is 6.22. The van der Waals surface area contributed by atoms with E-state index in [1.165, 1.54) is 0 Å². The Balaban J connectivity index is 1.88. The molecule has 0 radical (unpaired) electrons. The maximum absolute atomic E-state index is 14.7. The highest BCUT2D eigenvalue weighted by Crippen LogP contribution is 2.32. The van der Waals surface area contributed by atoms with Crippen LogP contribution in [0.3, 0.4) is 0 Å². The van der Waals surface area contributed by atoms with Crippen molar-refractivity contribution in [3.05, 3.63) is 63.9 Å². The van der Waals surface area contributed by atoms with Gasteiger partial charge in [0, 0.05) is 11.6 Å². The minimum Gasteiger partial charge on any atom is -0.323 e. The first-order valence-electron chi connectivity index (χ1n) is 7.98. The number of nitrogens with one attached hydrogen (secondary N) is 2. The molecular weight excluding hydrogens is 327 g/mol. The van der Waals surface area contributed by atoms with Crippen molar-refractivity contribution >= 4 is 23.2 Å². The van der Waals surface area contributed by atoms with Gasteiger partial charge in [-0.25, -0.2) is 4.39 Å². The fraction of sp³-hybridized carbons (Fsp3) is 0.316. The van der Waals surface area contributed by atoms with E-state index in [1.807, 2.05) is 24.3 Å². The van der Waals surface area contributed by atoms with Gasteiger partial charge in [-0.2, -0.15) is 0 Å². The smallest absolute Gasteiger partial charge is 0.234 e. The monoisotopic (exact) mass is 346 g/mol. The third kappa shape index (κ3) is 3.04. The van der Waals surface area contributed by atoms with Crippen molar-refractivity contribution < 1.29 is 9.18 Å². The number of carbonyl (C=O) groups is 1. The van der Waals surface area contributed by atoms with E-state index in [1.54, 1.807) is 26.0 Å². The van der Waals surface area contributed by atoms with Crippen LogP contribution in [0.15, 0.2) is 36.4 Å². The SMILES string of the molecule is CC(C)(C(=O)Nc1ccc2c(c1F)CCNC2)c1ccccc1Cl. The zero-order valence-corrected chi connectivity index (χ0v) is 14.5. The van der Waals surface area contributed by atoms with E-state index >= 15 is 0 Å². The zero-order chi connectivity index (χ0) is 17.3. The van der Waals surface area contributed by atoms with Crippen LogP contribution in [0, 0.1) is 5.82 Å². The summed E-state index contributed by atoms with van der Waals surface area (Å²) < 4.78 is 14.7. The van der Waals surface area contributed by atoms with Crippen LogP contribution in [0.5, 0.6) is 0 Å². The quantitative estimate of drug-likeness (QED) is 0.880. The number of benzene rings is 2. The van der Waals surface area contributed by atoms with Gasteiger partial charge in [0.1, 0.15) is 5.82 Å². The minimum absolute atomic E-state index is 0.223. The van der Waals surface area contributed by atoms with Crippen LogP contribution in [0.25, 0.3) is 0 Å². The van der Waals surface area contributed by atoms with Gasteiger partial charge in [0.05, 0.1) is 11.1 Å². The Morgan fingerprint density at radius 1 is 1.25 bits per heavy atom. The predicted octanol–water partition coefficient (Wildman–Crippen LogP) is 4.04. The molecule has 2 aromatic carbocycles. The maximum Gasteiger partial charge on any atom is 0.234 e. The summed E-state index contributed by atoms with van der Waals surface area (Å²) in [5, 5.41) is 6.47. The zero-order valence-electron chi connectivity index (χ0n) is 13.7. The summed E-state index contributed by atoms with van der Waals surface area (Å²) in [4.78, 5) is 12.8. The molecule has 0 spiro atoms. The van der Waals surface area contributed by atoms with Crippen molar-refractivity contribution in [1.29, 1.82) is 0 Å². The molecule has 5 heteroatoms. The molecule has 0 bridgehead atoms. The summed E-state index contributed by atoms with van der Waals surface area (Å²) in [6.07, 6.45) is 0.624. The van der Waals surface area contributed by atoms with E-state index in [0.29, 0.717) is 29.1 Å². The van der Waals surface area contributed by atoms with Gasteiger partial charge in [-0.3, -0.25) is 4.79 Å². The predicted molar refractivity (Wildman–Crippen MR) is 94.9 cm³/mol. The number of halogens is 2. The van der Waals surface area contributed by atoms with Crippen molar-refractivity contribution in [2.75, 3.05) is 11.9 Å². The van der Waals surface area contributed by atoms with Gasteiger partial charge >= 0.3 is 0 Å². The third-order valence-electron chi connectivity index (χ3n) is 4.57. The standard InChI is InChI=1S/C19H20ClFN2O/c1-19(2,14-5-3-4-6-15(14)20)18(24)23-16-8-7-12-11-22-10-9-13(12)17(16)21/h3-8,22H,9-11H2,1-2H3,(H,23,24). The first-order chi connectivity index (χ1) is 11.4. The molecule has 0 atom stereocenters. The second-order valence-corrected chi connectivity index (χ2v) is 6.96. The van der Waals surface area contributed by atoms with E-state index in [9.17, 15) is 9.18 Å². The Morgan fingerprint density at radius 3 is 2.75 bits per heavy atom. The number of rotatable bonds is 3. The summed E-state index contributed by atoms with van der Waals surface area (Å²) in [6.45, 7) is 4.96. The fourth-order valence-electron chi connectivity index (χ4n) is 3.00. The average molecular weight is 347 g/mol. The van der Waals surface area contributed by atoms with Gasteiger partial charge in [-0.1, -0.05) is 35.9 Å². The Hall–Kier alpha value is -1.91. The third-order valence-corrected chi connectivity index (χ3v) is 4.90. The molecule has 0 fully saturated rings. The van der Waals surface area contributed by atoms with Crippen LogP contribution in [0.4, 0.5) is 10.1 Å². The molecule has 3 rings (SSSR count). The van der Waals surface area contributed by atoms with Crippen molar-refractivity contribution in [3.63, 3.8) is 0 Å². The van der Waals surface area contributed by atoms with E-state index in [-0.39, 0.29) is 17.4 Å². The molecule has 0 aliphatic carbocycles. The number of anilines is 1. The minimum atomic E-state index is -0.873. The lowest BCUT2D eigenvalue weighted by atomic mass is 9.83. The van der Waals surface area contributed by atoms with E-state index < -0.39 is 5.41 Å². The molecule has 3 nitrogen and oxygen atoms in total. The summed E-state index contributed by atoms with van der Waals surface area (Å²) in [5.41, 5.74) is 1.69. The van der Waals surface area contributed by atoms with Crippen LogP contribution >= 0.6 is 11.6 Å². The van der Waals surface area contributed by atoms with Gasteiger partial charge < -0.3 is 10.6 Å². The highest BCUT2D eigenvalue weighted by atomic mass is 35.5. The lowest BCUT2D eigenvalue weighted by molar-refractivity contribution is -0.120. The highest BCUT2D eigenvalue weighted by Gasteiger charge is 2.32. The van der Waals surface area contributed by atoms with Gasteiger partial charge in [-0.05, 0) is 55.6 Å². The lowest BCUT2D eigenvalue weighted by Crippen LogP contribution is -2.35. The van der Waals surface area contributed by atoms with Crippen molar-refractivity contribution in [2.45, 2.75) is 32.2 Å². The largest absolute Gasteiger partial charge is 0.323 e. The van der Waals surface area contributed by atoms with Crippen LogP contribution in [-0.4, -0.2) is 12.5 Å². The topological polar surface area (TPSA) is 41.1 Å². The molecule has 24 heavy (non-hydrogen) atoms. The first-order valence-corrected chi connectivity index (χ1v) is 8.36. The van der Waals surface area contributed by atoms with Crippen molar-refractivity contribution in [1.82, 2.24) is 5.32 Å². The Labute approximate surface area is 146 Å². The lowest BCUT2D eigenvalue weighted by Gasteiger charge is -2.26. The van der Waals surface area contributed by atoms with Gasteiger partial charge in [-0.15, -0.1) is 0 Å². The van der Waals surface area contributed by atoms with Crippen molar-refractivity contribution in [3.8, 4) is 0 Å². The molecule has 126 valence electrons. The van der Waals surface area contributed by atoms with Crippen LogP contribution in [-0.2, 0) is 23.2 Å². The molecule has 0 saturated carbocycles. The van der Waals surface area contributed by atoms with Gasteiger partial charge in [0.2, 0.25) is 5.91 Å². The van der Waals surface area contributed by atoms with Gasteiger partial charge in [0.25, 0.3) is 0 Å². The Kier molecular flexibility index (Phi) is 4.61. The van der Waals surface area contributed by atoms with Crippen LogP contribution < -0.4 is 10.6 Å². The molecule has 0 aromatic heterocycles. The van der Waals surface area contributed by atoms with E-state index in [2.05, 4.69) is 10.6 Å². The molecular formula is C19H20ClFN2O. The highest BCUT2D eigenvalue weighted by molar-refractivity contribution is 6.31. The van der Waals surface area contributed by atoms with Crippen LogP contribution in [0.2, 0.25) is 5.02 Å². The Bertz CT molecular complexity index is 789. The first kappa shape index (κ1) is 16.9. The molecule has 1 aliphatic heterocycles. The average Bonchev–Trinajstić information content (AvgIpc) is 2.57. The molecule has 0 saturated heterocycles. The Morgan fingerprint density at radius 2 is 2.00 bits per heavy atom. The summed E-state index contributed by atoms with van der Waals surface area (Å²) in [7, 11) is 0. The number of hydrogen-bond donors (Lipinski definition) is 2. The normalized spacial score (nSPS) is 14.2. The number of amides is 1. The fourth-order valence-corrected chi connectivity index (χ4v) is 3.37. The number of carbonyl (C=O) groups excluding carboxylic acids is 1.